The fourth-order valence-corrected chi connectivity index (χ4v) is 4.35. The predicted molar refractivity (Wildman–Crippen MR) is 97.6 cm³/mol. The smallest absolute Gasteiger partial charge is 0.411 e. The van der Waals surface area contributed by atoms with Gasteiger partial charge in [0.1, 0.15) is 6.10 Å². The summed E-state index contributed by atoms with van der Waals surface area (Å²) in [6, 6.07) is 4.60. The SMILES string of the molecule is Cc1cc(C)c(NC(=O)OC2CCCCC2N2CCCC2)c(C)c1. The lowest BCUT2D eigenvalue weighted by atomic mass is 9.91. The molecule has 1 aromatic carbocycles. The van der Waals surface area contributed by atoms with Crippen molar-refractivity contribution in [1.29, 1.82) is 0 Å². The van der Waals surface area contributed by atoms with E-state index < -0.39 is 0 Å². The minimum absolute atomic E-state index is 0.0305. The van der Waals surface area contributed by atoms with E-state index in [-0.39, 0.29) is 12.2 Å². The van der Waals surface area contributed by atoms with Gasteiger partial charge >= 0.3 is 6.09 Å². The first-order chi connectivity index (χ1) is 11.5. The van der Waals surface area contributed by atoms with Gasteiger partial charge in [-0.25, -0.2) is 4.79 Å². The molecule has 0 spiro atoms. The van der Waals surface area contributed by atoms with Crippen molar-refractivity contribution < 1.29 is 9.53 Å². The molecule has 2 aliphatic rings. The third-order valence-electron chi connectivity index (χ3n) is 5.44. The molecule has 4 heteroatoms. The lowest BCUT2D eigenvalue weighted by Crippen LogP contribution is -2.46. The highest BCUT2D eigenvalue weighted by Crippen LogP contribution is 2.29. The van der Waals surface area contributed by atoms with Gasteiger partial charge in [0.05, 0.1) is 0 Å². The number of carbonyl (C=O) groups excluding carboxylic acids is 1. The Bertz CT molecular complexity index is 570. The Balaban J connectivity index is 1.65. The monoisotopic (exact) mass is 330 g/mol. The Morgan fingerprint density at radius 1 is 1.04 bits per heavy atom. The lowest BCUT2D eigenvalue weighted by Gasteiger charge is -2.37. The Labute approximate surface area is 145 Å². The number of nitrogens with zero attached hydrogens (tertiary/aromatic N) is 1. The van der Waals surface area contributed by atoms with Gasteiger partial charge in [0, 0.05) is 11.7 Å². The van der Waals surface area contributed by atoms with Crippen molar-refractivity contribution in [2.45, 2.75) is 71.4 Å². The van der Waals surface area contributed by atoms with Gasteiger partial charge in [-0.05, 0) is 77.1 Å². The fraction of sp³-hybridized carbons (Fsp3) is 0.650. The van der Waals surface area contributed by atoms with Gasteiger partial charge in [0.25, 0.3) is 0 Å². The van der Waals surface area contributed by atoms with Crippen molar-refractivity contribution in [2.24, 2.45) is 0 Å². The number of nitrogens with one attached hydrogen (secondary N) is 1. The van der Waals surface area contributed by atoms with Crippen LogP contribution in [0.5, 0.6) is 0 Å². The zero-order valence-electron chi connectivity index (χ0n) is 15.2. The number of hydrogen-bond donors (Lipinski definition) is 1. The first-order valence-electron chi connectivity index (χ1n) is 9.34. The van der Waals surface area contributed by atoms with Crippen molar-refractivity contribution >= 4 is 11.8 Å². The fourth-order valence-electron chi connectivity index (χ4n) is 4.35. The minimum Gasteiger partial charge on any atom is -0.444 e. The normalized spacial score (nSPS) is 24.8. The number of ether oxygens (including phenoxy) is 1. The summed E-state index contributed by atoms with van der Waals surface area (Å²) in [5.74, 6) is 0. The van der Waals surface area contributed by atoms with Crippen molar-refractivity contribution in [1.82, 2.24) is 4.90 Å². The van der Waals surface area contributed by atoms with Crippen molar-refractivity contribution in [3.8, 4) is 0 Å². The van der Waals surface area contributed by atoms with E-state index in [0.29, 0.717) is 6.04 Å². The maximum absolute atomic E-state index is 12.5. The minimum atomic E-state index is -0.304. The molecule has 1 saturated heterocycles. The van der Waals surface area contributed by atoms with Gasteiger partial charge in [-0.2, -0.15) is 0 Å². The highest BCUT2D eigenvalue weighted by atomic mass is 16.6. The first kappa shape index (κ1) is 17.3. The molecule has 1 saturated carbocycles. The number of anilines is 1. The molecule has 2 atom stereocenters. The maximum Gasteiger partial charge on any atom is 0.411 e. The summed E-state index contributed by atoms with van der Waals surface area (Å²) in [4.78, 5) is 15.0. The summed E-state index contributed by atoms with van der Waals surface area (Å²) >= 11 is 0. The molecule has 1 aliphatic heterocycles. The van der Waals surface area contributed by atoms with Crippen LogP contribution in [0.25, 0.3) is 0 Å². The van der Waals surface area contributed by atoms with Crippen molar-refractivity contribution in [3.05, 3.63) is 28.8 Å². The highest BCUT2D eigenvalue weighted by Gasteiger charge is 2.34. The van der Waals surface area contributed by atoms with E-state index in [4.69, 9.17) is 4.74 Å². The second kappa shape index (κ2) is 7.56. The number of hydrogen-bond acceptors (Lipinski definition) is 3. The molecule has 1 aliphatic carbocycles. The summed E-state index contributed by atoms with van der Waals surface area (Å²) < 4.78 is 5.87. The Kier molecular flexibility index (Phi) is 5.44. The van der Waals surface area contributed by atoms with Gasteiger partial charge in [-0.1, -0.05) is 24.1 Å². The van der Waals surface area contributed by atoms with Gasteiger partial charge in [0.15, 0.2) is 0 Å². The molecule has 132 valence electrons. The molecule has 1 heterocycles. The summed E-state index contributed by atoms with van der Waals surface area (Å²) in [6.07, 6.45) is 6.82. The molecule has 1 N–H and O–H groups in total. The van der Waals surface area contributed by atoms with E-state index in [0.717, 1.165) is 49.2 Å². The van der Waals surface area contributed by atoms with E-state index >= 15 is 0 Å². The molecule has 0 radical (unpaired) electrons. The Hall–Kier alpha value is -1.55. The molecule has 4 nitrogen and oxygen atoms in total. The predicted octanol–water partition coefficient (Wildman–Crippen LogP) is 4.57. The zero-order chi connectivity index (χ0) is 17.1. The van der Waals surface area contributed by atoms with Gasteiger partial charge in [-0.3, -0.25) is 10.2 Å². The standard InChI is InChI=1S/C20H30N2O2/c1-14-12-15(2)19(16(3)13-14)21-20(23)24-18-9-5-4-8-17(18)22-10-6-7-11-22/h12-13,17-18H,4-11H2,1-3H3,(H,21,23). The van der Waals surface area contributed by atoms with Gasteiger partial charge < -0.3 is 4.74 Å². The summed E-state index contributed by atoms with van der Waals surface area (Å²) in [5, 5.41) is 2.98. The van der Waals surface area contributed by atoms with E-state index in [1.807, 2.05) is 13.8 Å². The van der Waals surface area contributed by atoms with E-state index in [1.165, 1.54) is 24.8 Å². The molecule has 0 bridgehead atoms. The number of likely N-dealkylation sites (tertiary alicyclic amines) is 1. The molecule has 2 fully saturated rings. The number of rotatable bonds is 3. The molecule has 0 aromatic heterocycles. The molecular formula is C20H30N2O2. The quantitative estimate of drug-likeness (QED) is 0.883. The first-order valence-corrected chi connectivity index (χ1v) is 9.34. The van der Waals surface area contributed by atoms with Crippen LogP contribution in [0.1, 0.15) is 55.2 Å². The van der Waals surface area contributed by atoms with Gasteiger partial charge in [-0.15, -0.1) is 0 Å². The topological polar surface area (TPSA) is 41.6 Å². The third kappa shape index (κ3) is 3.92. The van der Waals surface area contributed by atoms with E-state index in [2.05, 4.69) is 29.3 Å². The molecular weight excluding hydrogens is 300 g/mol. The Morgan fingerprint density at radius 3 is 2.33 bits per heavy atom. The molecule has 2 unspecified atom stereocenters. The van der Waals surface area contributed by atoms with Crippen LogP contribution in [0.2, 0.25) is 0 Å². The van der Waals surface area contributed by atoms with Crippen LogP contribution in [0.3, 0.4) is 0 Å². The average molecular weight is 330 g/mol. The maximum atomic E-state index is 12.5. The Morgan fingerprint density at radius 2 is 1.67 bits per heavy atom. The van der Waals surface area contributed by atoms with E-state index in [1.54, 1.807) is 0 Å². The average Bonchev–Trinajstić information content (AvgIpc) is 3.05. The van der Waals surface area contributed by atoms with Crippen LogP contribution in [-0.2, 0) is 4.74 Å². The lowest BCUT2D eigenvalue weighted by molar-refractivity contribution is 0.0176. The number of carbonyl (C=O) groups is 1. The summed E-state index contributed by atoms with van der Waals surface area (Å²) in [5.41, 5.74) is 4.28. The summed E-state index contributed by atoms with van der Waals surface area (Å²) in [6.45, 7) is 8.45. The largest absolute Gasteiger partial charge is 0.444 e. The zero-order valence-corrected chi connectivity index (χ0v) is 15.2. The van der Waals surface area contributed by atoms with Crippen LogP contribution in [0, 0.1) is 20.8 Å². The van der Waals surface area contributed by atoms with Crippen molar-refractivity contribution in [3.63, 3.8) is 0 Å². The number of aryl methyl sites for hydroxylation is 3. The van der Waals surface area contributed by atoms with Gasteiger partial charge in [0.2, 0.25) is 0 Å². The number of amides is 1. The van der Waals surface area contributed by atoms with Crippen LogP contribution in [0.4, 0.5) is 10.5 Å². The second-order valence-electron chi connectivity index (χ2n) is 7.44. The number of benzene rings is 1. The van der Waals surface area contributed by atoms with E-state index in [9.17, 15) is 4.79 Å². The van der Waals surface area contributed by atoms with Crippen molar-refractivity contribution in [2.75, 3.05) is 18.4 Å². The second-order valence-corrected chi connectivity index (χ2v) is 7.44. The van der Waals surface area contributed by atoms with Crippen LogP contribution < -0.4 is 5.32 Å². The molecule has 24 heavy (non-hydrogen) atoms. The summed E-state index contributed by atoms with van der Waals surface area (Å²) in [7, 11) is 0. The molecule has 1 aromatic rings. The van der Waals surface area contributed by atoms with Crippen LogP contribution >= 0.6 is 0 Å². The molecule has 1 amide bonds. The molecule has 3 rings (SSSR count). The van der Waals surface area contributed by atoms with Crippen LogP contribution in [-0.4, -0.2) is 36.2 Å². The highest BCUT2D eigenvalue weighted by molar-refractivity contribution is 5.87. The van der Waals surface area contributed by atoms with Crippen LogP contribution in [0.15, 0.2) is 12.1 Å². The third-order valence-corrected chi connectivity index (χ3v) is 5.44.